The Balaban J connectivity index is 0.00000173. The maximum Gasteiger partial charge on any atom is 0.326 e. The van der Waals surface area contributed by atoms with Gasteiger partial charge >= 0.3 is 11.9 Å². The number of aliphatic carboxylic acids is 2. The third-order valence-corrected chi connectivity index (χ3v) is 6.37. The number of carboxylic acid groups (broad SMARTS) is 2. The first kappa shape index (κ1) is 36.5. The summed E-state index contributed by atoms with van der Waals surface area (Å²) in [5, 5.41) is 26.2. The summed E-state index contributed by atoms with van der Waals surface area (Å²) in [5.74, 6) is -6.37. The highest BCUT2D eigenvalue weighted by Gasteiger charge is 2.32. The first-order chi connectivity index (χ1) is 21.7. The van der Waals surface area contributed by atoms with Crippen LogP contribution in [-0.2, 0) is 46.4 Å². The van der Waals surface area contributed by atoms with Crippen molar-refractivity contribution in [2.24, 2.45) is 11.5 Å². The molecule has 1 aromatic carbocycles. The van der Waals surface area contributed by atoms with Crippen LogP contribution in [0.4, 0.5) is 4.39 Å². The number of benzene rings is 1. The van der Waals surface area contributed by atoms with Crippen molar-refractivity contribution in [2.45, 2.75) is 63.2 Å². The van der Waals surface area contributed by atoms with Crippen LogP contribution >= 0.6 is 0 Å². The van der Waals surface area contributed by atoms with E-state index >= 15 is 0 Å². The lowest BCUT2D eigenvalue weighted by Crippen LogP contribution is -2.58. The van der Waals surface area contributed by atoms with Crippen LogP contribution in [0.25, 0.3) is 10.9 Å². The molecule has 0 spiro atoms. The van der Waals surface area contributed by atoms with Crippen molar-refractivity contribution in [3.8, 4) is 0 Å². The van der Waals surface area contributed by atoms with E-state index in [0.717, 1.165) is 23.4 Å². The van der Waals surface area contributed by atoms with Crippen LogP contribution in [0.5, 0.6) is 0 Å². The highest BCUT2D eigenvalue weighted by molar-refractivity contribution is 5.95. The lowest BCUT2D eigenvalue weighted by atomic mass is 10.0. The second-order valence-electron chi connectivity index (χ2n) is 10.0. The number of hydrogen-bond acceptors (Lipinski definition) is 9. The molecule has 0 radical (unpaired) electrons. The number of primary amides is 1. The van der Waals surface area contributed by atoms with Gasteiger partial charge < -0.3 is 47.6 Å². The van der Waals surface area contributed by atoms with E-state index in [9.17, 15) is 38.3 Å². The van der Waals surface area contributed by atoms with Crippen LogP contribution in [0.2, 0.25) is 0 Å². The van der Waals surface area contributed by atoms with E-state index in [0.29, 0.717) is 5.69 Å². The summed E-state index contributed by atoms with van der Waals surface area (Å²) >= 11 is 0. The largest absolute Gasteiger partial charge is 0.481 e. The van der Waals surface area contributed by atoms with Gasteiger partial charge in [0.2, 0.25) is 23.6 Å². The van der Waals surface area contributed by atoms with Crippen molar-refractivity contribution < 1.29 is 48.2 Å². The molecule has 2 heterocycles. The van der Waals surface area contributed by atoms with Gasteiger partial charge in [-0.1, -0.05) is 18.2 Å². The minimum Gasteiger partial charge on any atom is -0.481 e. The Morgan fingerprint density at radius 3 is 2.11 bits per heavy atom. The van der Waals surface area contributed by atoms with Gasteiger partial charge in [-0.2, -0.15) is 4.39 Å². The maximum atomic E-state index is 13.3. The van der Waals surface area contributed by atoms with E-state index in [1.165, 1.54) is 12.5 Å². The van der Waals surface area contributed by atoms with Gasteiger partial charge in [-0.25, -0.2) is 9.78 Å². The average Bonchev–Trinajstić information content (AvgIpc) is 3.63. The summed E-state index contributed by atoms with van der Waals surface area (Å²) in [5.41, 5.74) is 13.4. The number of carboxylic acids is 2. The van der Waals surface area contributed by atoms with E-state index in [1.54, 1.807) is 6.20 Å². The van der Waals surface area contributed by atoms with Crippen LogP contribution in [0.15, 0.2) is 43.0 Å². The number of nitrogens with two attached hydrogens (primary N) is 2. The number of H-pyrrole nitrogens is 2. The summed E-state index contributed by atoms with van der Waals surface area (Å²) in [7, 11) is 0. The van der Waals surface area contributed by atoms with Crippen LogP contribution in [0.3, 0.4) is 0 Å². The number of halogens is 1. The molecule has 0 aliphatic heterocycles. The van der Waals surface area contributed by atoms with Crippen molar-refractivity contribution in [2.75, 3.05) is 0 Å². The molecule has 11 N–H and O–H groups in total. The van der Waals surface area contributed by atoms with Crippen LogP contribution in [0.1, 0.15) is 37.4 Å². The molecule has 3 rings (SSSR count). The predicted octanol–water partition coefficient (Wildman–Crippen LogP) is -1.21. The van der Waals surface area contributed by atoms with Gasteiger partial charge in [0.05, 0.1) is 18.8 Å². The second-order valence-corrected chi connectivity index (χ2v) is 10.0. The number of para-hydroxylation sites is 1. The Hall–Kier alpha value is -5.65. The minimum absolute atomic E-state index is 0.130. The van der Waals surface area contributed by atoms with E-state index in [-0.39, 0.29) is 25.7 Å². The predicted molar refractivity (Wildman–Crippen MR) is 158 cm³/mol. The summed E-state index contributed by atoms with van der Waals surface area (Å²) in [6.07, 6.45) is 2.95. The van der Waals surface area contributed by atoms with Crippen molar-refractivity contribution in [3.63, 3.8) is 0 Å². The number of carbonyl (C=O) groups excluding carboxylic acids is 5. The normalized spacial score (nSPS) is 13.2. The summed E-state index contributed by atoms with van der Waals surface area (Å²) < 4.78 is 10.4. The number of imidazole rings is 1. The first-order valence-electron chi connectivity index (χ1n) is 13.8. The second kappa shape index (κ2) is 17.6. The standard InChI is InChI=1S/C26H32N8O8.C2H3FO/c27-16(7-13-10-30-17-4-2-1-3-15(13)17)23(38)32-18(5-6-21(28)35)24(39)33-19(8-14-11-29-12-31-14)25(40)34-20(26(41)42)9-22(36)37;1-2(3)4/h1-4,10-12,16,18-20,30H,5-9,27H2,(H2,28,35)(H,29,31)(H,32,38)(H,33,39)(H,34,40)(H,36,37)(H,41,42);1H3/t16-,18-,19-,20-;/m0./s1. The Labute approximate surface area is 260 Å². The van der Waals surface area contributed by atoms with E-state index in [1.807, 2.05) is 24.3 Å². The molecule has 2 aromatic heterocycles. The van der Waals surface area contributed by atoms with Crippen LogP contribution in [-0.4, -0.2) is 90.9 Å². The number of fused-ring (bicyclic) bond motifs is 1. The fourth-order valence-electron chi connectivity index (χ4n) is 4.21. The highest BCUT2D eigenvalue weighted by Crippen LogP contribution is 2.19. The molecule has 0 bridgehead atoms. The Morgan fingerprint density at radius 1 is 0.913 bits per heavy atom. The smallest absolute Gasteiger partial charge is 0.326 e. The Morgan fingerprint density at radius 2 is 1.52 bits per heavy atom. The monoisotopic (exact) mass is 646 g/mol. The van der Waals surface area contributed by atoms with Crippen molar-refractivity contribution in [3.05, 3.63) is 54.2 Å². The van der Waals surface area contributed by atoms with Crippen LogP contribution < -0.4 is 27.4 Å². The molecule has 3 aromatic rings. The van der Waals surface area contributed by atoms with Crippen molar-refractivity contribution >= 4 is 52.5 Å². The average molecular weight is 647 g/mol. The highest BCUT2D eigenvalue weighted by atomic mass is 19.1. The van der Waals surface area contributed by atoms with Crippen LogP contribution in [0, 0.1) is 0 Å². The number of nitrogens with zero attached hydrogens (tertiary/aromatic N) is 1. The fourth-order valence-corrected chi connectivity index (χ4v) is 4.21. The lowest BCUT2D eigenvalue weighted by molar-refractivity contribution is -0.147. The van der Waals surface area contributed by atoms with Gasteiger partial charge in [0.15, 0.2) is 0 Å². The third kappa shape index (κ3) is 12.2. The number of aromatic nitrogens is 3. The number of aromatic amines is 2. The molecule has 0 aliphatic rings. The zero-order valence-corrected chi connectivity index (χ0v) is 24.6. The maximum absolute atomic E-state index is 13.3. The topological polar surface area (TPSA) is 293 Å². The molecule has 46 heavy (non-hydrogen) atoms. The number of hydrogen-bond donors (Lipinski definition) is 9. The molecule has 0 saturated heterocycles. The number of amides is 4. The molecule has 0 aliphatic carbocycles. The van der Waals surface area contributed by atoms with Crippen molar-refractivity contribution in [1.29, 1.82) is 0 Å². The Bertz CT molecular complexity index is 1540. The van der Waals surface area contributed by atoms with E-state index < -0.39 is 72.2 Å². The quantitative estimate of drug-likeness (QED) is 0.0831. The minimum atomic E-state index is -1.77. The number of carbonyl (C=O) groups is 7. The summed E-state index contributed by atoms with van der Waals surface area (Å²) in [6.45, 7) is 0.861. The van der Waals surface area contributed by atoms with Gasteiger partial charge in [-0.05, 0) is 24.5 Å². The molecule has 18 heteroatoms. The van der Waals surface area contributed by atoms with Gasteiger partial charge in [0.1, 0.15) is 18.1 Å². The molecule has 4 atom stereocenters. The molecule has 0 fully saturated rings. The molecule has 0 unspecified atom stereocenters. The zero-order chi connectivity index (χ0) is 34.4. The fraction of sp³-hybridized carbons (Fsp3) is 0.357. The van der Waals surface area contributed by atoms with Gasteiger partial charge in [0, 0.05) is 48.8 Å². The van der Waals surface area contributed by atoms with E-state index in [2.05, 4.69) is 30.9 Å². The number of nitrogens with one attached hydrogen (secondary N) is 5. The molecular formula is C28H35FN8O9. The van der Waals surface area contributed by atoms with Gasteiger partial charge in [-0.3, -0.25) is 28.8 Å². The first-order valence-corrected chi connectivity index (χ1v) is 13.8. The summed E-state index contributed by atoms with van der Waals surface area (Å²) in [4.78, 5) is 91.8. The molecule has 17 nitrogen and oxygen atoms in total. The summed E-state index contributed by atoms with van der Waals surface area (Å²) in [6, 6.07) is 0.479. The molecule has 0 saturated carbocycles. The molecule has 4 amide bonds. The Kier molecular flexibility index (Phi) is 14.0. The van der Waals surface area contributed by atoms with Gasteiger partial charge in [-0.15, -0.1) is 0 Å². The third-order valence-electron chi connectivity index (χ3n) is 6.37. The molecular weight excluding hydrogens is 611 g/mol. The lowest BCUT2D eigenvalue weighted by Gasteiger charge is -2.24. The number of rotatable bonds is 16. The molecule has 248 valence electrons. The SMILES string of the molecule is CC(=O)F.NC(=O)CC[C@H](NC(=O)[C@@H](N)Cc1c[nH]c2ccccc12)C(=O)N[C@@H](Cc1cnc[nH]1)C(=O)N[C@@H](CC(=O)O)C(=O)O. The zero-order valence-electron chi connectivity index (χ0n) is 24.6. The van der Waals surface area contributed by atoms with Gasteiger partial charge in [0.25, 0.3) is 6.04 Å². The van der Waals surface area contributed by atoms with Crippen molar-refractivity contribution in [1.82, 2.24) is 30.9 Å². The van der Waals surface area contributed by atoms with E-state index in [4.69, 9.17) is 21.4 Å².